The number of methoxy groups -OCH3 is 1. The van der Waals surface area contributed by atoms with E-state index in [1.54, 1.807) is 7.11 Å². The number of halogens is 1. The van der Waals surface area contributed by atoms with Crippen LogP contribution in [0.5, 0.6) is 5.75 Å². The maximum atomic E-state index is 5.50. The highest BCUT2D eigenvalue weighted by molar-refractivity contribution is 9.10. The van der Waals surface area contributed by atoms with E-state index in [9.17, 15) is 0 Å². The van der Waals surface area contributed by atoms with E-state index in [1.165, 1.54) is 0 Å². The highest BCUT2D eigenvalue weighted by Crippen LogP contribution is 2.30. The van der Waals surface area contributed by atoms with Gasteiger partial charge in [0.25, 0.3) is 5.89 Å². The normalized spacial score (nSPS) is 11.0. The molecule has 0 aliphatic heterocycles. The molecule has 0 N–H and O–H groups in total. The van der Waals surface area contributed by atoms with E-state index in [4.69, 9.17) is 9.26 Å². The number of ether oxygens (including phenoxy) is 1. The van der Waals surface area contributed by atoms with Crippen molar-refractivity contribution in [3.63, 3.8) is 0 Å². The molecular weight excluding hydrogens is 408 g/mol. The van der Waals surface area contributed by atoms with Crippen molar-refractivity contribution in [3.05, 3.63) is 64.5 Å². The van der Waals surface area contributed by atoms with Crippen LogP contribution >= 0.6 is 15.9 Å². The summed E-state index contributed by atoms with van der Waals surface area (Å²) in [4.78, 5) is 9.19. The average Bonchev–Trinajstić information content (AvgIpc) is 3.27. The summed E-state index contributed by atoms with van der Waals surface area (Å²) in [6.07, 6.45) is 0. The molecule has 2 aromatic carbocycles. The second-order valence-electron chi connectivity index (χ2n) is 6.03. The van der Waals surface area contributed by atoms with Crippen molar-refractivity contribution in [2.75, 3.05) is 7.11 Å². The highest BCUT2D eigenvalue weighted by Gasteiger charge is 2.20. The Labute approximate surface area is 165 Å². The highest BCUT2D eigenvalue weighted by atomic mass is 79.9. The van der Waals surface area contributed by atoms with Gasteiger partial charge in [-0.15, -0.1) is 0 Å². The summed E-state index contributed by atoms with van der Waals surface area (Å²) in [6, 6.07) is 15.5. The second-order valence-corrected chi connectivity index (χ2v) is 6.89. The lowest BCUT2D eigenvalue weighted by atomic mass is 10.2. The van der Waals surface area contributed by atoms with Crippen LogP contribution in [0.25, 0.3) is 28.7 Å². The summed E-state index contributed by atoms with van der Waals surface area (Å²) in [6.45, 7) is 3.95. The van der Waals surface area contributed by atoms with Crippen molar-refractivity contribution in [1.29, 1.82) is 0 Å². The fraction of sp³-hybridized carbons (Fsp3) is 0.150. The van der Waals surface area contributed by atoms with Crippen LogP contribution in [0.3, 0.4) is 0 Å². The van der Waals surface area contributed by atoms with Crippen molar-refractivity contribution < 1.29 is 9.26 Å². The maximum absolute atomic E-state index is 5.50. The fourth-order valence-corrected chi connectivity index (χ4v) is 3.47. The molecule has 2 heterocycles. The fourth-order valence-electron chi connectivity index (χ4n) is 3.01. The number of para-hydroxylation sites is 1. The number of hydrogen-bond donors (Lipinski definition) is 0. The first-order chi connectivity index (χ1) is 13.1. The molecule has 0 aliphatic rings. The number of hydrogen-bond acceptors (Lipinski definition) is 5. The van der Waals surface area contributed by atoms with Gasteiger partial charge in [0.05, 0.1) is 18.5 Å². The Bertz CT molecular complexity index is 1100. The Balaban J connectivity index is 1.74. The number of aromatic nitrogens is 4. The van der Waals surface area contributed by atoms with Gasteiger partial charge in [-0.2, -0.15) is 4.98 Å². The lowest BCUT2D eigenvalue weighted by Crippen LogP contribution is -2.00. The number of aryl methyl sites for hydroxylation is 1. The summed E-state index contributed by atoms with van der Waals surface area (Å²) in [7, 11) is 1.63. The average molecular weight is 425 g/mol. The second kappa shape index (κ2) is 7.00. The standard InChI is InChI=1S/C20H17BrN4O2/c1-12-18(22-13(2)25(12)17-7-5-4-6-16(17)21)20-23-19(24-27-20)14-8-10-15(26-3)11-9-14/h4-11H,1-3H3. The molecule has 2 aromatic heterocycles. The summed E-state index contributed by atoms with van der Waals surface area (Å²) >= 11 is 3.60. The van der Waals surface area contributed by atoms with Crippen molar-refractivity contribution in [1.82, 2.24) is 19.7 Å². The van der Waals surface area contributed by atoms with E-state index in [-0.39, 0.29) is 0 Å². The minimum atomic E-state index is 0.396. The zero-order valence-corrected chi connectivity index (χ0v) is 16.7. The molecule has 0 bridgehead atoms. The van der Waals surface area contributed by atoms with Crippen LogP contribution in [0.2, 0.25) is 0 Å². The Hall–Kier alpha value is -2.93. The number of nitrogens with zero attached hydrogens (tertiary/aromatic N) is 4. The molecule has 6 nitrogen and oxygen atoms in total. The van der Waals surface area contributed by atoms with Gasteiger partial charge in [-0.25, -0.2) is 4.98 Å². The monoisotopic (exact) mass is 424 g/mol. The van der Waals surface area contributed by atoms with Gasteiger partial charge in [0.2, 0.25) is 5.82 Å². The van der Waals surface area contributed by atoms with Gasteiger partial charge in [-0.1, -0.05) is 17.3 Å². The SMILES string of the molecule is COc1ccc(-c2noc(-c3nc(C)n(-c4ccccc4Br)c3C)n2)cc1. The molecule has 0 spiro atoms. The van der Waals surface area contributed by atoms with Crippen LogP contribution in [-0.4, -0.2) is 26.8 Å². The van der Waals surface area contributed by atoms with Gasteiger partial charge in [-0.05, 0) is 66.2 Å². The van der Waals surface area contributed by atoms with Gasteiger partial charge in [0.1, 0.15) is 17.3 Å². The van der Waals surface area contributed by atoms with Crippen LogP contribution in [0.1, 0.15) is 11.5 Å². The zero-order chi connectivity index (χ0) is 19.0. The molecule has 0 atom stereocenters. The predicted molar refractivity (Wildman–Crippen MR) is 106 cm³/mol. The van der Waals surface area contributed by atoms with Gasteiger partial charge in [0.15, 0.2) is 0 Å². The minimum absolute atomic E-state index is 0.396. The smallest absolute Gasteiger partial charge is 0.278 e. The molecular formula is C20H17BrN4O2. The lowest BCUT2D eigenvalue weighted by molar-refractivity contribution is 0.414. The van der Waals surface area contributed by atoms with Crippen LogP contribution < -0.4 is 4.74 Å². The van der Waals surface area contributed by atoms with Crippen LogP contribution in [0, 0.1) is 13.8 Å². The van der Waals surface area contributed by atoms with Crippen LogP contribution in [0.15, 0.2) is 57.5 Å². The summed E-state index contributed by atoms with van der Waals surface area (Å²) in [5.74, 6) is 2.53. The van der Waals surface area contributed by atoms with Crippen molar-refractivity contribution in [3.8, 4) is 34.4 Å². The first kappa shape index (κ1) is 17.5. The molecule has 27 heavy (non-hydrogen) atoms. The minimum Gasteiger partial charge on any atom is -0.497 e. The molecule has 0 aliphatic carbocycles. The third kappa shape index (κ3) is 3.14. The lowest BCUT2D eigenvalue weighted by Gasteiger charge is -2.09. The first-order valence-electron chi connectivity index (χ1n) is 8.38. The van der Waals surface area contributed by atoms with E-state index in [0.717, 1.165) is 33.0 Å². The molecule has 0 saturated carbocycles. The summed E-state index contributed by atoms with van der Waals surface area (Å²) < 4.78 is 13.7. The van der Waals surface area contributed by atoms with Gasteiger partial charge < -0.3 is 9.26 Å². The van der Waals surface area contributed by atoms with E-state index in [0.29, 0.717) is 17.4 Å². The molecule has 0 saturated heterocycles. The Morgan fingerprint density at radius 2 is 1.74 bits per heavy atom. The molecule has 0 fully saturated rings. The van der Waals surface area contributed by atoms with Crippen LogP contribution in [0.4, 0.5) is 0 Å². The van der Waals surface area contributed by atoms with E-state index in [1.807, 2.05) is 62.4 Å². The zero-order valence-electron chi connectivity index (χ0n) is 15.1. The molecule has 0 amide bonds. The van der Waals surface area contributed by atoms with Gasteiger partial charge in [0, 0.05) is 10.0 Å². The topological polar surface area (TPSA) is 66.0 Å². The molecule has 0 radical (unpaired) electrons. The number of benzene rings is 2. The van der Waals surface area contributed by atoms with E-state index < -0.39 is 0 Å². The molecule has 136 valence electrons. The third-order valence-electron chi connectivity index (χ3n) is 4.35. The largest absolute Gasteiger partial charge is 0.497 e. The molecule has 4 rings (SSSR count). The van der Waals surface area contributed by atoms with E-state index >= 15 is 0 Å². The number of imidazole rings is 1. The van der Waals surface area contributed by atoms with Crippen molar-refractivity contribution in [2.24, 2.45) is 0 Å². The molecule has 7 heteroatoms. The predicted octanol–water partition coefficient (Wildman–Crippen LogP) is 4.98. The molecule has 0 unspecified atom stereocenters. The van der Waals surface area contributed by atoms with Gasteiger partial charge >= 0.3 is 0 Å². The van der Waals surface area contributed by atoms with Crippen molar-refractivity contribution >= 4 is 15.9 Å². The third-order valence-corrected chi connectivity index (χ3v) is 5.02. The van der Waals surface area contributed by atoms with Crippen molar-refractivity contribution in [2.45, 2.75) is 13.8 Å². The van der Waals surface area contributed by atoms with E-state index in [2.05, 4.69) is 35.6 Å². The van der Waals surface area contributed by atoms with Crippen LogP contribution in [-0.2, 0) is 0 Å². The molecule has 4 aromatic rings. The van der Waals surface area contributed by atoms with Gasteiger partial charge in [-0.3, -0.25) is 4.57 Å². The Morgan fingerprint density at radius 1 is 1.00 bits per heavy atom. The maximum Gasteiger partial charge on any atom is 0.278 e. The number of rotatable bonds is 4. The Morgan fingerprint density at radius 3 is 2.44 bits per heavy atom. The quantitative estimate of drug-likeness (QED) is 0.462. The Kier molecular flexibility index (Phi) is 4.53. The first-order valence-corrected chi connectivity index (χ1v) is 9.17. The summed E-state index contributed by atoms with van der Waals surface area (Å²) in [5, 5.41) is 4.10. The summed E-state index contributed by atoms with van der Waals surface area (Å²) in [5.41, 5.74) is 3.48.